The highest BCUT2D eigenvalue weighted by Gasteiger charge is 2.43. The smallest absolute Gasteiger partial charge is 0.187 e. The van der Waals surface area contributed by atoms with Crippen LogP contribution >= 0.6 is 0 Å². The molecular formula is C20H32O7. The van der Waals surface area contributed by atoms with Crippen molar-refractivity contribution < 1.29 is 34.6 Å². The molecule has 0 amide bonds. The average Bonchev–Trinajstić information content (AvgIpc) is 2.69. The lowest BCUT2D eigenvalue weighted by atomic mass is 9.99. The van der Waals surface area contributed by atoms with E-state index in [-0.39, 0.29) is 6.61 Å². The fourth-order valence-corrected chi connectivity index (χ4v) is 2.96. The highest BCUT2D eigenvalue weighted by atomic mass is 16.7. The predicted molar refractivity (Wildman–Crippen MR) is 99.3 cm³/mol. The molecule has 1 heterocycles. The first-order chi connectivity index (χ1) is 13.1. The van der Waals surface area contributed by atoms with Crippen LogP contribution in [0.3, 0.4) is 0 Å². The molecule has 1 aromatic rings. The number of rotatable bonds is 11. The molecule has 2 rings (SSSR count). The van der Waals surface area contributed by atoms with Gasteiger partial charge in [-0.15, -0.1) is 0 Å². The molecule has 0 bridgehead atoms. The molecule has 1 fully saturated rings. The summed E-state index contributed by atoms with van der Waals surface area (Å²) in [7, 11) is 0. The summed E-state index contributed by atoms with van der Waals surface area (Å²) in [4.78, 5) is 0. The third-order valence-electron chi connectivity index (χ3n) is 4.70. The molecule has 5 atom stereocenters. The maximum absolute atomic E-state index is 9.96. The van der Waals surface area contributed by atoms with Gasteiger partial charge in [0.1, 0.15) is 30.2 Å². The zero-order chi connectivity index (χ0) is 19.6. The Morgan fingerprint density at radius 3 is 2.30 bits per heavy atom. The Hall–Kier alpha value is -1.22. The Morgan fingerprint density at radius 2 is 1.63 bits per heavy atom. The second-order valence-corrected chi connectivity index (χ2v) is 6.91. The summed E-state index contributed by atoms with van der Waals surface area (Å²) in [5.74, 6) is 0.794. The van der Waals surface area contributed by atoms with Gasteiger partial charge in [0.2, 0.25) is 0 Å². The van der Waals surface area contributed by atoms with Gasteiger partial charge in [-0.3, -0.25) is 0 Å². The summed E-state index contributed by atoms with van der Waals surface area (Å²) in [5, 5.41) is 38.7. The zero-order valence-electron chi connectivity index (χ0n) is 15.9. The number of hydrogen-bond acceptors (Lipinski definition) is 7. The summed E-state index contributed by atoms with van der Waals surface area (Å²) in [5.41, 5.74) is 0.849. The highest BCUT2D eigenvalue weighted by molar-refractivity contribution is 5.26. The minimum absolute atomic E-state index is 0.153. The molecule has 0 spiro atoms. The molecule has 0 unspecified atom stereocenters. The van der Waals surface area contributed by atoms with Crippen LogP contribution in [0.2, 0.25) is 0 Å². The van der Waals surface area contributed by atoms with Gasteiger partial charge in [-0.2, -0.15) is 0 Å². The predicted octanol–water partition coefficient (Wildman–Crippen LogP) is 1.35. The van der Waals surface area contributed by atoms with Crippen molar-refractivity contribution in [3.05, 3.63) is 29.8 Å². The minimum atomic E-state index is -1.44. The molecule has 0 radical (unpaired) electrons. The van der Waals surface area contributed by atoms with Gasteiger partial charge in [-0.25, -0.2) is 0 Å². The lowest BCUT2D eigenvalue weighted by Crippen LogP contribution is -2.59. The van der Waals surface area contributed by atoms with Crippen molar-refractivity contribution in [2.45, 2.75) is 76.3 Å². The molecule has 1 aliphatic heterocycles. The number of hydrogen-bond donors (Lipinski definition) is 4. The van der Waals surface area contributed by atoms with Gasteiger partial charge in [0, 0.05) is 0 Å². The van der Waals surface area contributed by atoms with Crippen molar-refractivity contribution >= 4 is 0 Å². The van der Waals surface area contributed by atoms with E-state index in [1.54, 1.807) is 0 Å². The van der Waals surface area contributed by atoms with E-state index in [1.807, 2.05) is 24.3 Å². The van der Waals surface area contributed by atoms with Crippen molar-refractivity contribution in [1.29, 1.82) is 0 Å². The van der Waals surface area contributed by atoms with Crippen molar-refractivity contribution in [2.24, 2.45) is 0 Å². The van der Waals surface area contributed by atoms with Crippen molar-refractivity contribution in [3.8, 4) is 5.75 Å². The normalized spacial score (nSPS) is 28.3. The molecule has 0 aliphatic carbocycles. The van der Waals surface area contributed by atoms with Gasteiger partial charge in [-0.05, 0) is 24.1 Å². The summed E-state index contributed by atoms with van der Waals surface area (Å²) in [6.45, 7) is 2.57. The summed E-state index contributed by atoms with van der Waals surface area (Å²) in [6, 6.07) is 7.43. The molecule has 0 saturated carbocycles. The van der Waals surface area contributed by atoms with Crippen molar-refractivity contribution in [3.63, 3.8) is 0 Å². The van der Waals surface area contributed by atoms with E-state index in [1.165, 1.54) is 25.7 Å². The standard InChI is InChI=1S/C20H32O7/c1-2-3-4-5-6-11-25-15-9-7-14(8-10-15)13-26-20-19(24)18(23)17(22)16(12-21)27-20/h7-10,16-24H,2-6,11-13H2,1H3/t16-,17-,18+,19-,20-/m1/s1. The topological polar surface area (TPSA) is 109 Å². The van der Waals surface area contributed by atoms with Crippen LogP contribution in [-0.2, 0) is 16.1 Å². The summed E-state index contributed by atoms with van der Waals surface area (Å²) >= 11 is 0. The molecule has 7 nitrogen and oxygen atoms in total. The van der Waals surface area contributed by atoms with Crippen LogP contribution in [0.15, 0.2) is 24.3 Å². The van der Waals surface area contributed by atoms with Crippen molar-refractivity contribution in [1.82, 2.24) is 0 Å². The lowest BCUT2D eigenvalue weighted by molar-refractivity contribution is -0.304. The number of aliphatic hydroxyl groups is 4. The highest BCUT2D eigenvalue weighted by Crippen LogP contribution is 2.23. The van der Waals surface area contributed by atoms with E-state index >= 15 is 0 Å². The Kier molecular flexibility index (Phi) is 9.47. The van der Waals surface area contributed by atoms with Crippen LogP contribution < -0.4 is 4.74 Å². The monoisotopic (exact) mass is 384 g/mol. The second-order valence-electron chi connectivity index (χ2n) is 6.91. The Bertz CT molecular complexity index is 520. The molecular weight excluding hydrogens is 352 g/mol. The third-order valence-corrected chi connectivity index (χ3v) is 4.70. The molecule has 4 N–H and O–H groups in total. The van der Waals surface area contributed by atoms with Gasteiger partial charge in [0.15, 0.2) is 6.29 Å². The molecule has 0 aromatic heterocycles. The van der Waals surface area contributed by atoms with Crippen LogP contribution in [0.25, 0.3) is 0 Å². The Morgan fingerprint density at radius 1 is 0.926 bits per heavy atom. The minimum Gasteiger partial charge on any atom is -0.494 e. The van der Waals surface area contributed by atoms with E-state index in [2.05, 4.69) is 6.92 Å². The first-order valence-corrected chi connectivity index (χ1v) is 9.70. The quantitative estimate of drug-likeness (QED) is 0.427. The Labute approximate surface area is 160 Å². The largest absolute Gasteiger partial charge is 0.494 e. The number of aliphatic hydroxyl groups excluding tert-OH is 4. The summed E-state index contributed by atoms with van der Waals surface area (Å²) < 4.78 is 16.5. The van der Waals surface area contributed by atoms with E-state index < -0.39 is 37.3 Å². The molecule has 1 saturated heterocycles. The van der Waals surface area contributed by atoms with E-state index in [9.17, 15) is 20.4 Å². The van der Waals surface area contributed by atoms with E-state index in [4.69, 9.17) is 14.2 Å². The number of ether oxygens (including phenoxy) is 3. The first kappa shape index (κ1) is 22.1. The van der Waals surface area contributed by atoms with Gasteiger partial charge in [0.25, 0.3) is 0 Å². The second kappa shape index (κ2) is 11.6. The molecule has 1 aliphatic rings. The third kappa shape index (κ3) is 6.71. The summed E-state index contributed by atoms with van der Waals surface area (Å²) in [6.07, 6.45) is -0.345. The fraction of sp³-hybridized carbons (Fsp3) is 0.700. The van der Waals surface area contributed by atoms with E-state index in [0.29, 0.717) is 6.61 Å². The van der Waals surface area contributed by atoms with E-state index in [0.717, 1.165) is 17.7 Å². The Balaban J connectivity index is 1.74. The van der Waals surface area contributed by atoms with Crippen LogP contribution in [0.1, 0.15) is 44.6 Å². The zero-order valence-corrected chi connectivity index (χ0v) is 15.9. The van der Waals surface area contributed by atoms with Crippen LogP contribution in [0.4, 0.5) is 0 Å². The van der Waals surface area contributed by atoms with Crippen molar-refractivity contribution in [2.75, 3.05) is 13.2 Å². The van der Waals surface area contributed by atoms with Crippen LogP contribution in [0.5, 0.6) is 5.75 Å². The maximum atomic E-state index is 9.96. The molecule has 27 heavy (non-hydrogen) atoms. The maximum Gasteiger partial charge on any atom is 0.187 e. The fourth-order valence-electron chi connectivity index (χ4n) is 2.96. The first-order valence-electron chi connectivity index (χ1n) is 9.70. The van der Waals surface area contributed by atoms with Gasteiger partial charge in [0.05, 0.1) is 19.8 Å². The molecule has 1 aromatic carbocycles. The number of benzene rings is 1. The van der Waals surface area contributed by atoms with Gasteiger partial charge >= 0.3 is 0 Å². The lowest BCUT2D eigenvalue weighted by Gasteiger charge is -2.39. The SMILES string of the molecule is CCCCCCCOc1ccc(CO[C@@H]2O[C@H](CO)[C@@H](O)[C@H](O)[C@H]2O)cc1. The van der Waals surface area contributed by atoms with Crippen LogP contribution in [0, 0.1) is 0 Å². The van der Waals surface area contributed by atoms with Gasteiger partial charge in [-0.1, -0.05) is 44.7 Å². The van der Waals surface area contributed by atoms with Gasteiger partial charge < -0.3 is 34.6 Å². The molecule has 154 valence electrons. The number of unbranched alkanes of at least 4 members (excludes halogenated alkanes) is 4. The average molecular weight is 384 g/mol. The van der Waals surface area contributed by atoms with Crippen LogP contribution in [-0.4, -0.2) is 64.3 Å². The molecule has 7 heteroatoms.